The summed E-state index contributed by atoms with van der Waals surface area (Å²) >= 11 is 8.64. The molecule has 16 nitrogen and oxygen atoms in total. The molecule has 21 heteroatoms. The number of benzene rings is 2. The Morgan fingerprint density at radius 1 is 0.529 bits per heavy atom. The summed E-state index contributed by atoms with van der Waals surface area (Å²) in [7, 11) is -7.66. The van der Waals surface area contributed by atoms with Crippen LogP contribution in [0.5, 0.6) is 0 Å². The monoisotopic (exact) mass is 1030 g/mol. The molecule has 0 amide bonds. The van der Waals surface area contributed by atoms with Gasteiger partial charge in [0.05, 0.1) is 49.4 Å². The van der Waals surface area contributed by atoms with Gasteiger partial charge in [0.15, 0.2) is 21.6 Å². The van der Waals surface area contributed by atoms with Crippen LogP contribution in [0.4, 0.5) is 0 Å². The highest BCUT2D eigenvalue weighted by Crippen LogP contribution is 2.36. The van der Waals surface area contributed by atoms with E-state index in [1.54, 1.807) is 92.4 Å². The first-order valence-electron chi connectivity index (χ1n) is 21.3. The Morgan fingerprint density at radius 2 is 0.986 bits per heavy atom. The van der Waals surface area contributed by atoms with Gasteiger partial charge in [0.1, 0.15) is 16.7 Å². The third kappa shape index (κ3) is 9.73. The maximum absolute atomic E-state index is 13.7. The Hall–Kier alpha value is -6.71. The van der Waals surface area contributed by atoms with Crippen molar-refractivity contribution in [3.63, 3.8) is 0 Å². The van der Waals surface area contributed by atoms with Gasteiger partial charge in [-0.05, 0) is 121 Å². The van der Waals surface area contributed by atoms with Gasteiger partial charge in [-0.15, -0.1) is 0 Å². The second-order valence-corrected chi connectivity index (χ2v) is 21.4. The van der Waals surface area contributed by atoms with Crippen LogP contribution in [0.3, 0.4) is 0 Å². The maximum atomic E-state index is 13.7. The van der Waals surface area contributed by atoms with Crippen LogP contribution in [0, 0.1) is 48.5 Å². The second kappa shape index (κ2) is 20.3. The molecule has 0 aliphatic heterocycles. The molecule has 0 unspecified atom stereocenters. The molecule has 358 valence electrons. The summed E-state index contributed by atoms with van der Waals surface area (Å²) in [4.78, 5) is 26.8. The van der Waals surface area contributed by atoms with Crippen molar-refractivity contribution in [2.24, 2.45) is 0 Å². The fraction of sp³-hybridized carbons (Fsp3) is 0.184. The summed E-state index contributed by atoms with van der Waals surface area (Å²) in [6.45, 7) is 12.9. The average molecular weight is 1030 g/mol. The molecule has 0 N–H and O–H groups in total. The quantitative estimate of drug-likeness (QED) is 0.0748. The molecule has 0 saturated carbocycles. The van der Waals surface area contributed by atoms with Gasteiger partial charge >= 0.3 is 0 Å². The van der Waals surface area contributed by atoms with Gasteiger partial charge in [0.2, 0.25) is 0 Å². The van der Waals surface area contributed by atoms with Crippen molar-refractivity contribution in [2.75, 3.05) is 12.5 Å². The van der Waals surface area contributed by atoms with E-state index < -0.39 is 20.0 Å². The molecule has 70 heavy (non-hydrogen) atoms. The molecule has 8 aromatic heterocycles. The molecule has 0 saturated heterocycles. The predicted octanol–water partition coefficient (Wildman–Crippen LogP) is 11.0. The van der Waals surface area contributed by atoms with Gasteiger partial charge in [-0.2, -0.15) is 0 Å². The molecule has 0 fully saturated rings. The molecule has 0 aliphatic rings. The van der Waals surface area contributed by atoms with Crippen molar-refractivity contribution in [1.82, 2.24) is 48.2 Å². The van der Waals surface area contributed by atoms with E-state index in [1.165, 1.54) is 31.5 Å². The molecule has 10 aromatic rings. The van der Waals surface area contributed by atoms with Gasteiger partial charge in [0.25, 0.3) is 20.0 Å². The third-order valence-corrected chi connectivity index (χ3v) is 15.9. The lowest BCUT2D eigenvalue weighted by molar-refractivity contribution is 0.393. The molecular weight excluding hydrogens is 988 g/mol. The average Bonchev–Trinajstić information content (AvgIpc) is 4.12. The normalized spacial score (nSPS) is 11.6. The van der Waals surface area contributed by atoms with E-state index in [4.69, 9.17) is 25.6 Å². The van der Waals surface area contributed by atoms with Crippen molar-refractivity contribution >= 4 is 77.2 Å². The van der Waals surface area contributed by atoms with Crippen molar-refractivity contribution < 1.29 is 25.9 Å². The zero-order valence-corrected chi connectivity index (χ0v) is 43.3. The molecular formula is C49H45ClN10O6S4. The van der Waals surface area contributed by atoms with Gasteiger partial charge in [-0.1, -0.05) is 81.8 Å². The lowest BCUT2D eigenvalue weighted by Crippen LogP contribution is -2.12. The van der Waals surface area contributed by atoms with Crippen LogP contribution in [-0.2, 0) is 20.0 Å². The number of thioether (sulfide) groups is 2. The number of pyridine rings is 2. The summed E-state index contributed by atoms with van der Waals surface area (Å²) in [6, 6.07) is 24.1. The lowest BCUT2D eigenvalue weighted by atomic mass is 10.1. The molecule has 0 bridgehead atoms. The minimum absolute atomic E-state index is 0.173. The van der Waals surface area contributed by atoms with Crippen LogP contribution in [-0.4, -0.2) is 77.5 Å². The van der Waals surface area contributed by atoms with Gasteiger partial charge in [-0.3, -0.25) is 0 Å². The number of hydrogen-bond donors (Lipinski definition) is 0. The smallest absolute Gasteiger partial charge is 0.269 e. The Balaban J connectivity index is 0.000000161. The van der Waals surface area contributed by atoms with E-state index in [0.717, 1.165) is 44.1 Å². The van der Waals surface area contributed by atoms with E-state index >= 15 is 0 Å². The summed E-state index contributed by atoms with van der Waals surface area (Å²) in [5.74, 6) is 1.26. The van der Waals surface area contributed by atoms with E-state index in [2.05, 4.69) is 35.2 Å². The zero-order valence-electron chi connectivity index (χ0n) is 39.3. The Bertz CT molecular complexity index is 3740. The molecule has 0 aliphatic carbocycles. The molecule has 0 radical (unpaired) electrons. The van der Waals surface area contributed by atoms with Crippen LogP contribution in [0.15, 0.2) is 139 Å². The molecule has 0 atom stereocenters. The number of nitrogens with zero attached hydrogens (tertiary/aromatic N) is 10. The fourth-order valence-electron chi connectivity index (χ4n) is 7.55. The highest BCUT2D eigenvalue weighted by atomic mass is 35.5. The Labute approximate surface area is 418 Å². The maximum Gasteiger partial charge on any atom is 0.269 e. The Kier molecular flexibility index (Phi) is 14.4. The molecule has 2 aromatic carbocycles. The third-order valence-electron chi connectivity index (χ3n) is 11.1. The number of hydrogen-bond acceptors (Lipinski definition) is 16. The zero-order chi connectivity index (χ0) is 50.1. The fourth-order valence-corrected chi connectivity index (χ4v) is 11.1. The largest absolute Gasteiger partial charge is 0.361 e. The predicted molar refractivity (Wildman–Crippen MR) is 273 cm³/mol. The number of aryl methyl sites for hydroxylation is 7. The highest BCUT2D eigenvalue weighted by Gasteiger charge is 2.26. The summed E-state index contributed by atoms with van der Waals surface area (Å²) < 4.78 is 66.5. The topological polar surface area (TPSA) is 208 Å². The summed E-state index contributed by atoms with van der Waals surface area (Å²) in [6.07, 6.45) is 10.5. The number of halogens is 1. The summed E-state index contributed by atoms with van der Waals surface area (Å²) in [5, 5.41) is 11.3. The van der Waals surface area contributed by atoms with Crippen molar-refractivity contribution in [2.45, 2.75) is 68.6 Å². The van der Waals surface area contributed by atoms with Crippen molar-refractivity contribution in [3.8, 4) is 33.8 Å². The number of aromatic nitrogens is 10. The summed E-state index contributed by atoms with van der Waals surface area (Å²) in [5.41, 5.74) is 8.79. The SMILES string of the molecule is CSc1ncc(C)c(-c2cn(S(=O)(=O)c3ccccc3)c3nc(-c4c(C)noc4C)ccc23)n1.CSc1ncc(C)c(Cl)n1.Cc1noc(C)c1-c1ccc2c(C)cn(S(=O)(=O)c3ccccc3)c2n1. The van der Waals surface area contributed by atoms with Gasteiger partial charge < -0.3 is 9.05 Å². The van der Waals surface area contributed by atoms with Crippen LogP contribution in [0.2, 0.25) is 5.15 Å². The van der Waals surface area contributed by atoms with E-state index in [1.807, 2.05) is 78.3 Å². The minimum Gasteiger partial charge on any atom is -0.361 e. The van der Waals surface area contributed by atoms with Gasteiger partial charge in [0, 0.05) is 46.7 Å². The van der Waals surface area contributed by atoms with Crippen molar-refractivity contribution in [1.29, 1.82) is 0 Å². The molecule has 8 heterocycles. The van der Waals surface area contributed by atoms with E-state index in [0.29, 0.717) is 66.8 Å². The number of fused-ring (bicyclic) bond motifs is 2. The lowest BCUT2D eigenvalue weighted by Gasteiger charge is -2.08. The van der Waals surface area contributed by atoms with Gasteiger partial charge in [-0.25, -0.2) is 54.7 Å². The molecule has 0 spiro atoms. The van der Waals surface area contributed by atoms with Crippen LogP contribution >= 0.6 is 35.1 Å². The van der Waals surface area contributed by atoms with Crippen LogP contribution in [0.25, 0.3) is 55.8 Å². The first-order valence-corrected chi connectivity index (χ1v) is 27.0. The standard InChI is InChI=1S/C24H21N5O3S2.C19H17N3O3S.C6H7ClN2S/c1-14-12-25-24(33-4)27-22(14)19-13-29(34(30,31)17-8-6-5-7-9-17)23-18(19)10-11-20(26-23)21-15(2)28-32-16(21)3;1-12-11-22(26(23,24)15-7-5-4-6-8-15)19-16(12)9-10-17(20-19)18-13(2)21-25-14(18)3;1-4-3-8-6(10-2)9-5(4)7/h5-13H,1-4H3;4-11H,1-3H3;3H,1-2H3. The molecule has 10 rings (SSSR count). The van der Waals surface area contributed by atoms with Crippen LogP contribution < -0.4 is 0 Å². The first kappa shape index (κ1) is 49.7. The second-order valence-electron chi connectivity index (χ2n) is 15.8. The van der Waals surface area contributed by atoms with Crippen LogP contribution in [0.1, 0.15) is 39.6 Å². The van der Waals surface area contributed by atoms with Crippen molar-refractivity contribution in [3.05, 3.63) is 154 Å². The Morgan fingerprint density at radius 3 is 1.46 bits per heavy atom. The van der Waals surface area contributed by atoms with E-state index in [9.17, 15) is 16.8 Å². The minimum atomic E-state index is -3.92. The highest BCUT2D eigenvalue weighted by molar-refractivity contribution is 7.98. The number of rotatable bonds is 9. The first-order chi connectivity index (χ1) is 33.4. The van der Waals surface area contributed by atoms with E-state index in [-0.39, 0.29) is 9.79 Å².